The van der Waals surface area contributed by atoms with Crippen LogP contribution in [0, 0.1) is 0 Å². The molecule has 1 aliphatic rings. The highest BCUT2D eigenvalue weighted by Gasteiger charge is 2.16. The van der Waals surface area contributed by atoms with Gasteiger partial charge in [-0.1, -0.05) is 115 Å². The van der Waals surface area contributed by atoms with Gasteiger partial charge in [0, 0.05) is 16.3 Å². The van der Waals surface area contributed by atoms with Gasteiger partial charge in [0.2, 0.25) is 0 Å². The first-order valence-corrected chi connectivity index (χ1v) is 13.7. The van der Waals surface area contributed by atoms with Gasteiger partial charge in [-0.15, -0.1) is 0 Å². The van der Waals surface area contributed by atoms with E-state index in [1.165, 1.54) is 65.7 Å². The van der Waals surface area contributed by atoms with Crippen molar-refractivity contribution in [3.05, 3.63) is 145 Å². The van der Waals surface area contributed by atoms with Crippen LogP contribution < -0.4 is 0 Å². The second kappa shape index (κ2) is 8.85. The highest BCUT2D eigenvalue weighted by atomic mass is 16.3. The van der Waals surface area contributed by atoms with Crippen LogP contribution in [-0.4, -0.2) is 0 Å². The molecule has 0 saturated heterocycles. The molecule has 8 rings (SSSR count). The lowest BCUT2D eigenvalue weighted by molar-refractivity contribution is 0.667. The zero-order valence-electron chi connectivity index (χ0n) is 21.5. The monoisotopic (exact) mass is 498 g/mol. The van der Waals surface area contributed by atoms with E-state index in [0.717, 1.165) is 24.0 Å². The second-order valence-corrected chi connectivity index (χ2v) is 10.5. The largest absolute Gasteiger partial charge is 0.455 e. The summed E-state index contributed by atoms with van der Waals surface area (Å²) >= 11 is 0. The Morgan fingerprint density at radius 1 is 0.513 bits per heavy atom. The smallest absolute Gasteiger partial charge is 0.142 e. The predicted octanol–water partition coefficient (Wildman–Crippen LogP) is 10.8. The van der Waals surface area contributed by atoms with Gasteiger partial charge in [0.05, 0.1) is 0 Å². The molecule has 0 fully saturated rings. The molecule has 1 nitrogen and oxygen atoms in total. The van der Waals surface area contributed by atoms with Crippen LogP contribution in [0.4, 0.5) is 0 Å². The molecule has 0 N–H and O–H groups in total. The molecular formula is C38H26O. The molecular weight excluding hydrogens is 472 g/mol. The Labute approximate surface area is 227 Å². The molecule has 0 spiro atoms. The van der Waals surface area contributed by atoms with Crippen LogP contribution in [0.25, 0.3) is 65.8 Å². The SMILES string of the molecule is C1=C(c2cccc(-c3ccc4c(ccc5ccccc54)c3)c2)C=C(c2cccc3c2oc2ccccc23)CC1. The number of para-hydroxylation sites is 2. The maximum Gasteiger partial charge on any atom is 0.142 e. The van der Waals surface area contributed by atoms with Crippen LogP contribution in [0.2, 0.25) is 0 Å². The van der Waals surface area contributed by atoms with Crippen LogP contribution in [0.3, 0.4) is 0 Å². The van der Waals surface area contributed by atoms with Crippen molar-refractivity contribution in [1.82, 2.24) is 0 Å². The van der Waals surface area contributed by atoms with Crippen molar-refractivity contribution in [3.8, 4) is 11.1 Å². The summed E-state index contributed by atoms with van der Waals surface area (Å²) in [6.45, 7) is 0. The molecule has 184 valence electrons. The van der Waals surface area contributed by atoms with Gasteiger partial charge in [-0.25, -0.2) is 0 Å². The van der Waals surface area contributed by atoms with Crippen molar-refractivity contribution in [2.24, 2.45) is 0 Å². The third-order valence-corrected chi connectivity index (χ3v) is 8.13. The van der Waals surface area contributed by atoms with Crippen LogP contribution in [0.15, 0.2) is 138 Å². The first-order chi connectivity index (χ1) is 19.3. The summed E-state index contributed by atoms with van der Waals surface area (Å²) < 4.78 is 6.36. The zero-order chi connectivity index (χ0) is 25.8. The number of allylic oxidation sites excluding steroid dienone is 4. The molecule has 0 unspecified atom stereocenters. The fourth-order valence-electron chi connectivity index (χ4n) is 6.19. The summed E-state index contributed by atoms with van der Waals surface area (Å²) in [5.74, 6) is 0. The minimum atomic E-state index is 0.947. The molecule has 7 aromatic rings. The molecule has 0 atom stereocenters. The Morgan fingerprint density at radius 2 is 1.26 bits per heavy atom. The normalized spacial score (nSPS) is 13.7. The van der Waals surface area contributed by atoms with Crippen molar-refractivity contribution in [2.75, 3.05) is 0 Å². The van der Waals surface area contributed by atoms with Gasteiger partial charge in [0.15, 0.2) is 0 Å². The van der Waals surface area contributed by atoms with Gasteiger partial charge < -0.3 is 4.42 Å². The molecule has 1 aromatic heterocycles. The lowest BCUT2D eigenvalue weighted by atomic mass is 9.89. The van der Waals surface area contributed by atoms with E-state index in [4.69, 9.17) is 4.42 Å². The van der Waals surface area contributed by atoms with Crippen LogP contribution in [0.5, 0.6) is 0 Å². The Bertz CT molecular complexity index is 2120. The Hall–Kier alpha value is -4.88. The van der Waals surface area contributed by atoms with E-state index in [9.17, 15) is 0 Å². The Morgan fingerprint density at radius 3 is 2.23 bits per heavy atom. The number of rotatable bonds is 3. The highest BCUT2D eigenvalue weighted by molar-refractivity contribution is 6.09. The third kappa shape index (κ3) is 3.70. The average molecular weight is 499 g/mol. The minimum absolute atomic E-state index is 0.947. The van der Waals surface area contributed by atoms with Gasteiger partial charge in [-0.3, -0.25) is 0 Å². The fourth-order valence-corrected chi connectivity index (χ4v) is 6.19. The summed E-state index contributed by atoms with van der Waals surface area (Å²) in [4.78, 5) is 0. The van der Waals surface area contributed by atoms with Crippen molar-refractivity contribution in [3.63, 3.8) is 0 Å². The first-order valence-electron chi connectivity index (χ1n) is 13.7. The van der Waals surface area contributed by atoms with Crippen LogP contribution in [0.1, 0.15) is 24.0 Å². The Balaban J connectivity index is 1.18. The summed E-state index contributed by atoms with van der Waals surface area (Å²) in [6, 6.07) is 43.7. The molecule has 1 heteroatoms. The molecule has 0 saturated carbocycles. The molecule has 1 aliphatic carbocycles. The van der Waals surface area contributed by atoms with E-state index in [0.29, 0.717) is 0 Å². The van der Waals surface area contributed by atoms with Crippen LogP contribution in [-0.2, 0) is 0 Å². The molecule has 39 heavy (non-hydrogen) atoms. The molecule has 0 aliphatic heterocycles. The van der Waals surface area contributed by atoms with E-state index in [2.05, 4.69) is 127 Å². The quantitative estimate of drug-likeness (QED) is 0.221. The lowest BCUT2D eigenvalue weighted by Crippen LogP contribution is -1.94. The number of hydrogen-bond acceptors (Lipinski definition) is 1. The lowest BCUT2D eigenvalue weighted by Gasteiger charge is -2.16. The second-order valence-electron chi connectivity index (χ2n) is 10.5. The molecule has 1 heterocycles. The topological polar surface area (TPSA) is 13.1 Å². The van der Waals surface area contributed by atoms with Crippen molar-refractivity contribution < 1.29 is 4.42 Å². The zero-order valence-corrected chi connectivity index (χ0v) is 21.5. The minimum Gasteiger partial charge on any atom is -0.455 e. The van der Waals surface area contributed by atoms with Crippen molar-refractivity contribution in [1.29, 1.82) is 0 Å². The van der Waals surface area contributed by atoms with E-state index in [1.54, 1.807) is 0 Å². The summed E-state index contributed by atoms with van der Waals surface area (Å²) in [7, 11) is 0. The van der Waals surface area contributed by atoms with Gasteiger partial charge >= 0.3 is 0 Å². The predicted molar refractivity (Wildman–Crippen MR) is 166 cm³/mol. The number of benzene rings is 6. The molecule has 0 amide bonds. The van der Waals surface area contributed by atoms with Crippen LogP contribution >= 0.6 is 0 Å². The van der Waals surface area contributed by atoms with E-state index in [1.807, 2.05) is 6.07 Å². The number of furan rings is 1. The van der Waals surface area contributed by atoms with E-state index >= 15 is 0 Å². The Kier molecular flexibility index (Phi) is 5.03. The highest BCUT2D eigenvalue weighted by Crippen LogP contribution is 2.39. The maximum atomic E-state index is 6.36. The van der Waals surface area contributed by atoms with Gasteiger partial charge in [-0.2, -0.15) is 0 Å². The molecule has 6 aromatic carbocycles. The fraction of sp³-hybridized carbons (Fsp3) is 0.0526. The van der Waals surface area contributed by atoms with Gasteiger partial charge in [0.25, 0.3) is 0 Å². The van der Waals surface area contributed by atoms with E-state index in [-0.39, 0.29) is 0 Å². The first kappa shape index (κ1) is 22.1. The van der Waals surface area contributed by atoms with Crippen molar-refractivity contribution in [2.45, 2.75) is 12.8 Å². The van der Waals surface area contributed by atoms with Gasteiger partial charge in [0.1, 0.15) is 11.2 Å². The van der Waals surface area contributed by atoms with Crippen molar-refractivity contribution >= 4 is 54.6 Å². The van der Waals surface area contributed by atoms with Gasteiger partial charge in [-0.05, 0) is 80.4 Å². The summed E-state index contributed by atoms with van der Waals surface area (Å²) in [5.41, 5.74) is 9.48. The molecule has 0 bridgehead atoms. The molecule has 0 radical (unpaired) electrons. The third-order valence-electron chi connectivity index (χ3n) is 8.13. The summed E-state index contributed by atoms with van der Waals surface area (Å²) in [6.07, 6.45) is 6.76. The number of fused-ring (bicyclic) bond motifs is 6. The van der Waals surface area contributed by atoms with E-state index < -0.39 is 0 Å². The standard InChI is InChI=1S/C38H26O/c1-2-13-32-25(8-1)18-19-31-24-29(20-21-33(31)32)27-10-5-9-26(22-27)28-11-6-12-30(23-28)34-15-7-16-36-35-14-3-4-17-37(35)39-38(34)36/h1-5,7-11,13-24H,6,12H2. The number of hydrogen-bond donors (Lipinski definition) is 0. The average Bonchev–Trinajstić information content (AvgIpc) is 3.40. The maximum absolute atomic E-state index is 6.36. The summed E-state index contributed by atoms with van der Waals surface area (Å²) in [5, 5.41) is 7.53.